The summed E-state index contributed by atoms with van der Waals surface area (Å²) in [7, 11) is 0. The van der Waals surface area contributed by atoms with Gasteiger partial charge in [0.2, 0.25) is 0 Å². The van der Waals surface area contributed by atoms with E-state index in [-0.39, 0.29) is 0 Å². The Kier molecular flexibility index (Phi) is 6.11. The molecule has 1 aliphatic rings. The highest BCUT2D eigenvalue weighted by Crippen LogP contribution is 2.40. The Labute approximate surface area is 126 Å². The van der Waals surface area contributed by atoms with Crippen LogP contribution in [0.25, 0.3) is 0 Å². The maximum absolute atomic E-state index is 3.72. The molecule has 1 aromatic carbocycles. The van der Waals surface area contributed by atoms with Gasteiger partial charge in [0.15, 0.2) is 0 Å². The number of rotatable bonds is 5. The lowest BCUT2D eigenvalue weighted by molar-refractivity contribution is 0.513. The van der Waals surface area contributed by atoms with Crippen molar-refractivity contribution >= 4 is 23.5 Å². The van der Waals surface area contributed by atoms with E-state index in [1.807, 2.05) is 0 Å². The predicted octanol–water partition coefficient (Wildman–Crippen LogP) is 4.27. The van der Waals surface area contributed by atoms with Crippen molar-refractivity contribution < 1.29 is 0 Å². The standard InChI is InChI=1S/C16H25NS2/c1-4-14-16(19-11-10-18-14)15(17-5-2)13-8-6-12(3)7-9-13/h6-9,14-17H,4-5,10-11H2,1-3H3. The van der Waals surface area contributed by atoms with Crippen molar-refractivity contribution in [3.05, 3.63) is 35.4 Å². The van der Waals surface area contributed by atoms with Crippen LogP contribution >= 0.6 is 23.5 Å². The van der Waals surface area contributed by atoms with Crippen LogP contribution in [0.15, 0.2) is 24.3 Å². The lowest BCUT2D eigenvalue weighted by Gasteiger charge is -2.36. The van der Waals surface area contributed by atoms with Gasteiger partial charge in [-0.05, 0) is 25.5 Å². The molecule has 0 aromatic heterocycles. The van der Waals surface area contributed by atoms with Crippen molar-refractivity contribution in [2.75, 3.05) is 18.1 Å². The van der Waals surface area contributed by atoms with Crippen molar-refractivity contribution in [3.8, 4) is 0 Å². The summed E-state index contributed by atoms with van der Waals surface area (Å²) in [6.45, 7) is 7.74. The second-order valence-electron chi connectivity index (χ2n) is 5.10. The molecule has 1 saturated heterocycles. The minimum absolute atomic E-state index is 0.494. The molecule has 3 atom stereocenters. The highest BCUT2D eigenvalue weighted by atomic mass is 32.2. The van der Waals surface area contributed by atoms with Gasteiger partial charge in [-0.1, -0.05) is 43.7 Å². The zero-order valence-corrected chi connectivity index (χ0v) is 13.8. The van der Waals surface area contributed by atoms with Crippen LogP contribution in [0.1, 0.15) is 37.4 Å². The fourth-order valence-corrected chi connectivity index (χ4v) is 5.92. The van der Waals surface area contributed by atoms with E-state index in [9.17, 15) is 0 Å². The Morgan fingerprint density at radius 3 is 2.47 bits per heavy atom. The van der Waals surface area contributed by atoms with Gasteiger partial charge in [-0.15, -0.1) is 0 Å². The molecule has 1 nitrogen and oxygen atoms in total. The highest BCUT2D eigenvalue weighted by molar-refractivity contribution is 8.07. The molecule has 1 heterocycles. The highest BCUT2D eigenvalue weighted by Gasteiger charge is 2.32. The van der Waals surface area contributed by atoms with Crippen LogP contribution < -0.4 is 5.32 Å². The van der Waals surface area contributed by atoms with Crippen LogP contribution in [0.5, 0.6) is 0 Å². The number of nitrogens with one attached hydrogen (secondary N) is 1. The second-order valence-corrected chi connectivity index (χ2v) is 7.73. The van der Waals surface area contributed by atoms with E-state index in [2.05, 4.69) is 73.9 Å². The van der Waals surface area contributed by atoms with E-state index in [0.29, 0.717) is 11.3 Å². The first kappa shape index (κ1) is 15.3. The van der Waals surface area contributed by atoms with Crippen molar-refractivity contribution in [1.82, 2.24) is 5.32 Å². The van der Waals surface area contributed by atoms with E-state index in [1.54, 1.807) is 0 Å². The molecular formula is C16H25NS2. The quantitative estimate of drug-likeness (QED) is 0.871. The van der Waals surface area contributed by atoms with Crippen molar-refractivity contribution in [3.63, 3.8) is 0 Å². The number of hydrogen-bond donors (Lipinski definition) is 1. The lowest BCUT2D eigenvalue weighted by atomic mass is 9.99. The first-order valence-corrected chi connectivity index (χ1v) is 9.39. The molecule has 19 heavy (non-hydrogen) atoms. The Balaban J connectivity index is 2.20. The molecule has 1 N–H and O–H groups in total. The monoisotopic (exact) mass is 295 g/mol. The molecule has 0 aliphatic carbocycles. The van der Waals surface area contributed by atoms with Gasteiger partial charge in [0.25, 0.3) is 0 Å². The maximum Gasteiger partial charge on any atom is 0.0451 e. The fraction of sp³-hybridized carbons (Fsp3) is 0.625. The van der Waals surface area contributed by atoms with E-state index < -0.39 is 0 Å². The minimum atomic E-state index is 0.494. The van der Waals surface area contributed by atoms with E-state index >= 15 is 0 Å². The fourth-order valence-electron chi connectivity index (χ4n) is 2.66. The van der Waals surface area contributed by atoms with Gasteiger partial charge in [0, 0.05) is 28.0 Å². The Morgan fingerprint density at radius 1 is 1.16 bits per heavy atom. The Morgan fingerprint density at radius 2 is 1.84 bits per heavy atom. The third kappa shape index (κ3) is 3.93. The predicted molar refractivity (Wildman–Crippen MR) is 90.4 cm³/mol. The third-order valence-electron chi connectivity index (χ3n) is 3.68. The van der Waals surface area contributed by atoms with Crippen LogP contribution in [-0.4, -0.2) is 28.6 Å². The third-order valence-corrected chi connectivity index (χ3v) is 7.03. The summed E-state index contributed by atoms with van der Waals surface area (Å²) in [5, 5.41) is 5.20. The van der Waals surface area contributed by atoms with Gasteiger partial charge in [-0.3, -0.25) is 0 Å². The van der Waals surface area contributed by atoms with Gasteiger partial charge in [-0.2, -0.15) is 23.5 Å². The molecule has 2 rings (SSSR count). The van der Waals surface area contributed by atoms with E-state index in [0.717, 1.165) is 11.8 Å². The van der Waals surface area contributed by atoms with Crippen molar-refractivity contribution in [2.24, 2.45) is 0 Å². The molecule has 0 amide bonds. The number of hydrogen-bond acceptors (Lipinski definition) is 3. The summed E-state index contributed by atoms with van der Waals surface area (Å²) in [5.41, 5.74) is 2.79. The van der Waals surface area contributed by atoms with E-state index in [4.69, 9.17) is 0 Å². The smallest absolute Gasteiger partial charge is 0.0451 e. The van der Waals surface area contributed by atoms with Crippen LogP contribution in [0.4, 0.5) is 0 Å². The normalized spacial score (nSPS) is 25.2. The van der Waals surface area contributed by atoms with Gasteiger partial charge >= 0.3 is 0 Å². The summed E-state index contributed by atoms with van der Waals surface area (Å²) < 4.78 is 0. The molecule has 0 radical (unpaired) electrons. The number of thioether (sulfide) groups is 2. The topological polar surface area (TPSA) is 12.0 Å². The zero-order chi connectivity index (χ0) is 13.7. The molecular weight excluding hydrogens is 270 g/mol. The first-order valence-electron chi connectivity index (χ1n) is 7.29. The van der Waals surface area contributed by atoms with Crippen LogP contribution in [-0.2, 0) is 0 Å². The molecule has 0 spiro atoms. The zero-order valence-electron chi connectivity index (χ0n) is 12.2. The summed E-state index contributed by atoms with van der Waals surface area (Å²) >= 11 is 4.32. The van der Waals surface area contributed by atoms with Gasteiger partial charge in [0.1, 0.15) is 0 Å². The molecule has 0 saturated carbocycles. The van der Waals surface area contributed by atoms with Crippen molar-refractivity contribution in [1.29, 1.82) is 0 Å². The number of aryl methyl sites for hydroxylation is 1. The molecule has 0 bridgehead atoms. The van der Waals surface area contributed by atoms with Crippen LogP contribution in [0.3, 0.4) is 0 Å². The average molecular weight is 296 g/mol. The summed E-state index contributed by atoms with van der Waals surface area (Å²) in [5.74, 6) is 2.60. The summed E-state index contributed by atoms with van der Waals surface area (Å²) in [6, 6.07) is 9.57. The first-order chi connectivity index (χ1) is 9.26. The molecule has 1 fully saturated rings. The second kappa shape index (κ2) is 7.61. The van der Waals surface area contributed by atoms with Crippen LogP contribution in [0, 0.1) is 6.92 Å². The van der Waals surface area contributed by atoms with Crippen molar-refractivity contribution in [2.45, 2.75) is 43.7 Å². The summed E-state index contributed by atoms with van der Waals surface area (Å²) in [4.78, 5) is 0. The van der Waals surface area contributed by atoms with Gasteiger partial charge in [0.05, 0.1) is 0 Å². The maximum atomic E-state index is 3.72. The molecule has 1 aliphatic heterocycles. The Bertz CT molecular complexity index is 377. The minimum Gasteiger partial charge on any atom is -0.309 e. The molecule has 106 valence electrons. The largest absolute Gasteiger partial charge is 0.309 e. The van der Waals surface area contributed by atoms with Crippen LogP contribution in [0.2, 0.25) is 0 Å². The van der Waals surface area contributed by atoms with Gasteiger partial charge < -0.3 is 5.32 Å². The molecule has 3 heteroatoms. The Hall–Kier alpha value is -0.120. The lowest BCUT2D eigenvalue weighted by Crippen LogP contribution is -2.38. The molecule has 3 unspecified atom stereocenters. The number of benzene rings is 1. The van der Waals surface area contributed by atoms with E-state index in [1.165, 1.54) is 29.1 Å². The van der Waals surface area contributed by atoms with Gasteiger partial charge in [-0.25, -0.2) is 0 Å². The SMILES string of the molecule is CCNC(c1ccc(C)cc1)C1SCCSC1CC. The molecule has 1 aromatic rings. The summed E-state index contributed by atoms with van der Waals surface area (Å²) in [6.07, 6.45) is 1.27. The average Bonchev–Trinajstić information content (AvgIpc) is 2.46.